The quantitative estimate of drug-likeness (QED) is 0.444. The van der Waals surface area contributed by atoms with Crippen molar-refractivity contribution in [2.75, 3.05) is 25.6 Å². The molecule has 35 heavy (non-hydrogen) atoms. The molecule has 3 aromatic carbocycles. The molecule has 0 radical (unpaired) electrons. The van der Waals surface area contributed by atoms with E-state index in [-0.39, 0.29) is 24.9 Å². The molecule has 1 aliphatic rings. The standard InChI is InChI=1S/C27H26N2O6/c1-29(35-17-26(31)32)25(30)15-12-18-10-13-19(14-11-18)28-27(33)34-16-24-22-8-4-2-6-20(22)21-7-3-5-9-23(21)24/h2-11,13-14,24H,12,15-17H2,1H3,(H,28,33)(H,31,32). The van der Waals surface area contributed by atoms with Crippen LogP contribution in [0, 0.1) is 0 Å². The summed E-state index contributed by atoms with van der Waals surface area (Å²) in [7, 11) is 1.38. The van der Waals surface area contributed by atoms with Crippen LogP contribution < -0.4 is 5.32 Å². The second-order valence-electron chi connectivity index (χ2n) is 8.21. The van der Waals surface area contributed by atoms with Gasteiger partial charge in [0.2, 0.25) is 5.91 Å². The first-order valence-corrected chi connectivity index (χ1v) is 11.2. The van der Waals surface area contributed by atoms with Crippen LogP contribution in [0.2, 0.25) is 0 Å². The van der Waals surface area contributed by atoms with Crippen molar-refractivity contribution in [1.29, 1.82) is 0 Å². The molecule has 0 atom stereocenters. The second-order valence-corrected chi connectivity index (χ2v) is 8.21. The van der Waals surface area contributed by atoms with Crippen molar-refractivity contribution in [3.05, 3.63) is 89.5 Å². The van der Waals surface area contributed by atoms with Gasteiger partial charge in [-0.05, 0) is 46.4 Å². The highest BCUT2D eigenvalue weighted by Gasteiger charge is 2.29. The van der Waals surface area contributed by atoms with Crippen LogP contribution in [0.15, 0.2) is 72.8 Å². The summed E-state index contributed by atoms with van der Waals surface area (Å²) in [6.07, 6.45) is 0.0760. The van der Waals surface area contributed by atoms with Gasteiger partial charge in [-0.2, -0.15) is 0 Å². The fourth-order valence-corrected chi connectivity index (χ4v) is 4.14. The van der Waals surface area contributed by atoms with Gasteiger partial charge < -0.3 is 9.84 Å². The molecule has 0 saturated heterocycles. The van der Waals surface area contributed by atoms with Crippen LogP contribution in [0.3, 0.4) is 0 Å². The first-order valence-electron chi connectivity index (χ1n) is 11.2. The van der Waals surface area contributed by atoms with Crippen LogP contribution in [-0.2, 0) is 25.6 Å². The molecule has 3 aromatic rings. The molecular formula is C27H26N2O6. The van der Waals surface area contributed by atoms with Gasteiger partial charge in [0.25, 0.3) is 0 Å². The highest BCUT2D eigenvalue weighted by Crippen LogP contribution is 2.44. The molecular weight excluding hydrogens is 448 g/mol. The van der Waals surface area contributed by atoms with E-state index in [0.717, 1.165) is 21.8 Å². The minimum absolute atomic E-state index is 0.00864. The van der Waals surface area contributed by atoms with E-state index in [4.69, 9.17) is 14.7 Å². The number of anilines is 1. The number of nitrogens with zero attached hydrogens (tertiary/aromatic N) is 1. The Bertz CT molecular complexity index is 1180. The Hall–Kier alpha value is -4.17. The van der Waals surface area contributed by atoms with Gasteiger partial charge in [-0.25, -0.2) is 14.7 Å². The highest BCUT2D eigenvalue weighted by atomic mass is 16.7. The summed E-state index contributed by atoms with van der Waals surface area (Å²) in [6, 6.07) is 23.4. The Morgan fingerprint density at radius 1 is 0.914 bits per heavy atom. The topological polar surface area (TPSA) is 105 Å². The number of fused-ring (bicyclic) bond motifs is 3. The molecule has 0 aromatic heterocycles. The molecule has 0 aliphatic heterocycles. The first-order chi connectivity index (χ1) is 16.9. The number of carboxylic acid groups (broad SMARTS) is 1. The Kier molecular flexibility index (Phi) is 7.42. The average Bonchev–Trinajstić information content (AvgIpc) is 3.19. The van der Waals surface area contributed by atoms with Crippen molar-refractivity contribution < 1.29 is 29.1 Å². The van der Waals surface area contributed by atoms with E-state index in [1.807, 2.05) is 36.4 Å². The number of aryl methyl sites for hydroxylation is 1. The molecule has 2 amide bonds. The molecule has 0 fully saturated rings. The summed E-state index contributed by atoms with van der Waals surface area (Å²) in [5.41, 5.74) is 6.12. The number of ether oxygens (including phenoxy) is 1. The number of hydrogen-bond donors (Lipinski definition) is 2. The monoisotopic (exact) mass is 474 g/mol. The Balaban J connectivity index is 1.27. The van der Waals surface area contributed by atoms with E-state index in [1.165, 1.54) is 18.2 Å². The molecule has 2 N–H and O–H groups in total. The van der Waals surface area contributed by atoms with E-state index >= 15 is 0 Å². The number of aliphatic carboxylic acids is 1. The number of benzene rings is 3. The predicted octanol–water partition coefficient (Wildman–Crippen LogP) is 4.45. The van der Waals surface area contributed by atoms with Crippen molar-refractivity contribution in [2.24, 2.45) is 0 Å². The zero-order valence-corrected chi connectivity index (χ0v) is 19.3. The smallest absolute Gasteiger partial charge is 0.411 e. The van der Waals surface area contributed by atoms with Crippen LogP contribution in [0.25, 0.3) is 11.1 Å². The third kappa shape index (κ3) is 5.85. The molecule has 0 unspecified atom stereocenters. The molecule has 4 rings (SSSR count). The number of nitrogens with one attached hydrogen (secondary N) is 1. The maximum atomic E-state index is 12.4. The summed E-state index contributed by atoms with van der Waals surface area (Å²) in [4.78, 5) is 39.8. The maximum absolute atomic E-state index is 12.4. The lowest BCUT2D eigenvalue weighted by molar-refractivity contribution is -0.185. The van der Waals surface area contributed by atoms with Crippen molar-refractivity contribution in [3.8, 4) is 11.1 Å². The summed E-state index contributed by atoms with van der Waals surface area (Å²) in [6.45, 7) is -0.337. The number of hydrogen-bond acceptors (Lipinski definition) is 5. The molecule has 0 heterocycles. The number of carbonyl (C=O) groups excluding carboxylic acids is 2. The normalized spacial score (nSPS) is 11.9. The van der Waals surface area contributed by atoms with Crippen molar-refractivity contribution in [3.63, 3.8) is 0 Å². The Morgan fingerprint density at radius 3 is 2.11 bits per heavy atom. The van der Waals surface area contributed by atoms with E-state index < -0.39 is 18.7 Å². The van der Waals surface area contributed by atoms with Crippen LogP contribution in [0.5, 0.6) is 0 Å². The third-order valence-electron chi connectivity index (χ3n) is 5.90. The number of amides is 2. The first kappa shape index (κ1) is 24.0. The van der Waals surface area contributed by atoms with E-state index in [1.54, 1.807) is 12.1 Å². The van der Waals surface area contributed by atoms with E-state index in [2.05, 4.69) is 29.6 Å². The van der Waals surface area contributed by atoms with Crippen LogP contribution >= 0.6 is 0 Å². The van der Waals surface area contributed by atoms with Crippen LogP contribution in [0.1, 0.15) is 29.0 Å². The zero-order valence-electron chi connectivity index (χ0n) is 19.3. The van der Waals surface area contributed by atoms with Crippen LogP contribution in [-0.4, -0.2) is 48.4 Å². The van der Waals surface area contributed by atoms with Gasteiger partial charge in [0.1, 0.15) is 6.61 Å². The van der Waals surface area contributed by atoms with Crippen molar-refractivity contribution in [2.45, 2.75) is 18.8 Å². The molecule has 0 bridgehead atoms. The number of carbonyl (C=O) groups is 3. The molecule has 8 nitrogen and oxygen atoms in total. The summed E-state index contributed by atoms with van der Waals surface area (Å²) in [5, 5.41) is 12.3. The third-order valence-corrected chi connectivity index (χ3v) is 5.90. The highest BCUT2D eigenvalue weighted by molar-refractivity contribution is 5.85. The number of hydroxylamine groups is 2. The molecule has 0 saturated carbocycles. The molecule has 180 valence electrons. The fraction of sp³-hybridized carbons (Fsp3) is 0.222. The van der Waals surface area contributed by atoms with E-state index in [0.29, 0.717) is 12.1 Å². The lowest BCUT2D eigenvalue weighted by Crippen LogP contribution is -2.29. The SMILES string of the molecule is CN(OCC(=O)O)C(=O)CCc1ccc(NC(=O)OCC2c3ccccc3-c3ccccc32)cc1. The van der Waals surface area contributed by atoms with Crippen LogP contribution in [0.4, 0.5) is 10.5 Å². The lowest BCUT2D eigenvalue weighted by Gasteiger charge is -2.15. The lowest BCUT2D eigenvalue weighted by atomic mass is 9.98. The summed E-state index contributed by atoms with van der Waals surface area (Å²) >= 11 is 0. The van der Waals surface area contributed by atoms with E-state index in [9.17, 15) is 14.4 Å². The molecule has 0 spiro atoms. The van der Waals surface area contributed by atoms with Gasteiger partial charge in [0.15, 0.2) is 6.61 Å². The minimum atomic E-state index is -1.15. The average molecular weight is 475 g/mol. The largest absolute Gasteiger partial charge is 0.479 e. The fourth-order valence-electron chi connectivity index (χ4n) is 4.14. The predicted molar refractivity (Wildman–Crippen MR) is 130 cm³/mol. The summed E-state index contributed by atoms with van der Waals surface area (Å²) in [5.74, 6) is -1.48. The van der Waals surface area contributed by atoms with Crippen molar-refractivity contribution in [1.82, 2.24) is 5.06 Å². The number of rotatable bonds is 9. The van der Waals surface area contributed by atoms with Crippen molar-refractivity contribution >= 4 is 23.7 Å². The zero-order chi connectivity index (χ0) is 24.8. The van der Waals surface area contributed by atoms with Gasteiger partial charge in [0, 0.05) is 25.1 Å². The molecule has 1 aliphatic carbocycles. The van der Waals surface area contributed by atoms with Gasteiger partial charge in [-0.1, -0.05) is 60.7 Å². The minimum Gasteiger partial charge on any atom is -0.479 e. The molecule has 8 heteroatoms. The Morgan fingerprint density at radius 2 is 1.51 bits per heavy atom. The number of carboxylic acids is 1. The maximum Gasteiger partial charge on any atom is 0.411 e. The van der Waals surface area contributed by atoms with Gasteiger partial charge in [-0.15, -0.1) is 0 Å². The Labute approximate surface area is 203 Å². The van der Waals surface area contributed by atoms with Gasteiger partial charge in [-0.3, -0.25) is 14.9 Å². The summed E-state index contributed by atoms with van der Waals surface area (Å²) < 4.78 is 5.56. The van der Waals surface area contributed by atoms with Gasteiger partial charge >= 0.3 is 12.1 Å². The second kappa shape index (κ2) is 10.8. The van der Waals surface area contributed by atoms with Gasteiger partial charge in [0.05, 0.1) is 0 Å².